The van der Waals surface area contributed by atoms with Crippen LogP contribution in [0.2, 0.25) is 0 Å². The summed E-state index contributed by atoms with van der Waals surface area (Å²) in [5.74, 6) is -0.265. The van der Waals surface area contributed by atoms with E-state index in [9.17, 15) is 10.1 Å². The summed E-state index contributed by atoms with van der Waals surface area (Å²) >= 11 is 0. The Balaban J connectivity index is 2.10. The van der Waals surface area contributed by atoms with Gasteiger partial charge < -0.3 is 10.2 Å². The largest absolute Gasteiger partial charge is 0.349 e. The monoisotopic (exact) mass is 283 g/mol. The summed E-state index contributed by atoms with van der Waals surface area (Å²) in [5.41, 5.74) is 1.13. The minimum Gasteiger partial charge on any atom is -0.349 e. The van der Waals surface area contributed by atoms with Crippen molar-refractivity contribution in [2.75, 3.05) is 11.4 Å². The van der Waals surface area contributed by atoms with Crippen LogP contribution in [0.15, 0.2) is 42.1 Å². The predicted octanol–water partition coefficient (Wildman–Crippen LogP) is 2.98. The first-order chi connectivity index (χ1) is 10.2. The Morgan fingerprint density at radius 3 is 2.62 bits per heavy atom. The van der Waals surface area contributed by atoms with E-state index < -0.39 is 0 Å². The molecule has 1 fully saturated rings. The Labute approximate surface area is 126 Å². The number of carbonyl (C=O) groups is 1. The van der Waals surface area contributed by atoms with Gasteiger partial charge in [-0.25, -0.2) is 0 Å². The molecule has 4 heteroatoms. The van der Waals surface area contributed by atoms with Crippen molar-refractivity contribution in [2.45, 2.75) is 38.6 Å². The fourth-order valence-electron chi connectivity index (χ4n) is 2.60. The zero-order valence-corrected chi connectivity index (χ0v) is 12.4. The molecule has 110 valence electrons. The lowest BCUT2D eigenvalue weighted by Gasteiger charge is -2.19. The number of amides is 1. The van der Waals surface area contributed by atoms with Crippen molar-refractivity contribution >= 4 is 11.6 Å². The molecule has 0 radical (unpaired) electrons. The van der Waals surface area contributed by atoms with Crippen LogP contribution < -0.4 is 10.2 Å². The lowest BCUT2D eigenvalue weighted by atomic mass is 10.2. The van der Waals surface area contributed by atoms with Gasteiger partial charge in [-0.15, -0.1) is 0 Å². The number of para-hydroxylation sites is 1. The minimum atomic E-state index is -0.265. The van der Waals surface area contributed by atoms with E-state index in [1.165, 1.54) is 0 Å². The summed E-state index contributed by atoms with van der Waals surface area (Å²) in [6.45, 7) is 2.69. The van der Waals surface area contributed by atoms with Crippen LogP contribution in [0.1, 0.15) is 32.6 Å². The van der Waals surface area contributed by atoms with Gasteiger partial charge in [-0.05, 0) is 31.9 Å². The Kier molecular flexibility index (Phi) is 5.39. The van der Waals surface area contributed by atoms with Crippen LogP contribution in [-0.2, 0) is 4.79 Å². The Hall–Kier alpha value is -2.28. The van der Waals surface area contributed by atoms with Crippen LogP contribution >= 0.6 is 0 Å². The Morgan fingerprint density at radius 2 is 2.05 bits per heavy atom. The maximum Gasteiger partial charge on any atom is 0.263 e. The number of hydrogen-bond acceptors (Lipinski definition) is 3. The van der Waals surface area contributed by atoms with Gasteiger partial charge in [0, 0.05) is 24.5 Å². The van der Waals surface area contributed by atoms with Crippen LogP contribution in [0.4, 0.5) is 5.69 Å². The van der Waals surface area contributed by atoms with Crippen LogP contribution in [0.3, 0.4) is 0 Å². The molecule has 1 amide bonds. The number of nitriles is 1. The summed E-state index contributed by atoms with van der Waals surface area (Å²) in [6, 6.07) is 12.0. The molecule has 0 heterocycles. The summed E-state index contributed by atoms with van der Waals surface area (Å²) in [5, 5.41) is 12.2. The highest BCUT2D eigenvalue weighted by molar-refractivity contribution is 5.97. The number of hydrogen-bond donors (Lipinski definition) is 1. The molecular formula is C17H21N3O. The maximum absolute atomic E-state index is 12.2. The number of nitrogens with zero attached hydrogens (tertiary/aromatic N) is 2. The first-order valence-corrected chi connectivity index (χ1v) is 7.49. The lowest BCUT2D eigenvalue weighted by Crippen LogP contribution is -2.34. The standard InChI is InChI=1S/C17H21N3O/c1-2-20(16-10-4-3-5-11-16)13-14(12-18)17(21)19-15-8-6-7-9-15/h3-5,10-11,13,15H,2,6-9H2,1H3,(H,19,21)/b14-13-. The number of benzene rings is 1. The molecule has 0 aliphatic heterocycles. The minimum absolute atomic E-state index is 0.160. The molecule has 0 unspecified atom stereocenters. The zero-order valence-electron chi connectivity index (χ0n) is 12.4. The van der Waals surface area contributed by atoms with Crippen LogP contribution in [0, 0.1) is 11.3 Å². The zero-order chi connectivity index (χ0) is 15.1. The molecule has 2 rings (SSSR count). The van der Waals surface area contributed by atoms with Crippen LogP contribution in [0.5, 0.6) is 0 Å². The number of anilines is 1. The molecular weight excluding hydrogens is 262 g/mol. The number of nitrogens with one attached hydrogen (secondary N) is 1. The molecule has 1 saturated carbocycles. The summed E-state index contributed by atoms with van der Waals surface area (Å²) in [7, 11) is 0. The first kappa shape index (κ1) is 15.1. The average molecular weight is 283 g/mol. The molecule has 4 nitrogen and oxygen atoms in total. The van der Waals surface area contributed by atoms with Crippen molar-refractivity contribution < 1.29 is 4.79 Å². The van der Waals surface area contributed by atoms with E-state index in [-0.39, 0.29) is 17.5 Å². The van der Waals surface area contributed by atoms with Gasteiger partial charge in [-0.1, -0.05) is 31.0 Å². The summed E-state index contributed by atoms with van der Waals surface area (Å²) in [6.07, 6.45) is 5.98. The SMILES string of the molecule is CCN(/C=C(/C#N)C(=O)NC1CCCC1)c1ccccc1. The van der Waals surface area contributed by atoms with Crippen molar-refractivity contribution in [2.24, 2.45) is 0 Å². The lowest BCUT2D eigenvalue weighted by molar-refractivity contribution is -0.117. The predicted molar refractivity (Wildman–Crippen MR) is 83.6 cm³/mol. The smallest absolute Gasteiger partial charge is 0.263 e. The van der Waals surface area contributed by atoms with E-state index in [4.69, 9.17) is 0 Å². The van der Waals surface area contributed by atoms with Crippen molar-refractivity contribution in [3.8, 4) is 6.07 Å². The third kappa shape index (κ3) is 4.09. The molecule has 0 aromatic heterocycles. The van der Waals surface area contributed by atoms with E-state index in [0.29, 0.717) is 6.54 Å². The molecule has 0 saturated heterocycles. The third-order valence-corrected chi connectivity index (χ3v) is 3.77. The molecule has 21 heavy (non-hydrogen) atoms. The van der Waals surface area contributed by atoms with Gasteiger partial charge >= 0.3 is 0 Å². The van der Waals surface area contributed by atoms with Gasteiger partial charge in [0.1, 0.15) is 11.6 Å². The summed E-state index contributed by atoms with van der Waals surface area (Å²) < 4.78 is 0. The molecule has 1 aromatic rings. The highest BCUT2D eigenvalue weighted by Crippen LogP contribution is 2.18. The average Bonchev–Trinajstić information content (AvgIpc) is 3.02. The molecule has 0 atom stereocenters. The van der Waals surface area contributed by atoms with Crippen molar-refractivity contribution in [3.63, 3.8) is 0 Å². The fraction of sp³-hybridized carbons (Fsp3) is 0.412. The molecule has 0 spiro atoms. The summed E-state index contributed by atoms with van der Waals surface area (Å²) in [4.78, 5) is 14.1. The van der Waals surface area contributed by atoms with E-state index in [1.54, 1.807) is 6.20 Å². The molecule has 1 aromatic carbocycles. The fourth-order valence-corrected chi connectivity index (χ4v) is 2.60. The third-order valence-electron chi connectivity index (χ3n) is 3.77. The van der Waals surface area contributed by atoms with Crippen LogP contribution in [0.25, 0.3) is 0 Å². The van der Waals surface area contributed by atoms with Gasteiger partial charge in [0.15, 0.2) is 0 Å². The van der Waals surface area contributed by atoms with Crippen molar-refractivity contribution in [3.05, 3.63) is 42.1 Å². The van der Waals surface area contributed by atoms with Crippen molar-refractivity contribution in [1.29, 1.82) is 5.26 Å². The van der Waals surface area contributed by atoms with Gasteiger partial charge in [0.2, 0.25) is 0 Å². The second kappa shape index (κ2) is 7.49. The molecule has 1 N–H and O–H groups in total. The normalized spacial score (nSPS) is 15.5. The molecule has 0 bridgehead atoms. The second-order valence-electron chi connectivity index (χ2n) is 5.23. The molecule has 1 aliphatic carbocycles. The quantitative estimate of drug-likeness (QED) is 0.667. The molecule has 1 aliphatic rings. The Morgan fingerprint density at radius 1 is 1.38 bits per heavy atom. The van der Waals surface area contributed by atoms with Gasteiger partial charge in [0.05, 0.1) is 0 Å². The second-order valence-corrected chi connectivity index (χ2v) is 5.23. The van der Waals surface area contributed by atoms with E-state index in [2.05, 4.69) is 5.32 Å². The first-order valence-electron chi connectivity index (χ1n) is 7.49. The van der Waals surface area contributed by atoms with Gasteiger partial charge in [-0.3, -0.25) is 4.79 Å². The highest BCUT2D eigenvalue weighted by atomic mass is 16.1. The van der Waals surface area contributed by atoms with Crippen molar-refractivity contribution in [1.82, 2.24) is 5.32 Å². The topological polar surface area (TPSA) is 56.1 Å². The number of rotatable bonds is 5. The Bertz CT molecular complexity index is 539. The maximum atomic E-state index is 12.2. The highest BCUT2D eigenvalue weighted by Gasteiger charge is 2.19. The van der Waals surface area contributed by atoms with Crippen LogP contribution in [-0.4, -0.2) is 18.5 Å². The van der Waals surface area contributed by atoms with Gasteiger partial charge in [-0.2, -0.15) is 5.26 Å². The number of carbonyl (C=O) groups excluding carboxylic acids is 1. The van der Waals surface area contributed by atoms with Gasteiger partial charge in [0.25, 0.3) is 5.91 Å². The van der Waals surface area contributed by atoms with E-state index >= 15 is 0 Å². The van der Waals surface area contributed by atoms with E-state index in [0.717, 1.165) is 31.4 Å². The van der Waals surface area contributed by atoms with E-state index in [1.807, 2.05) is 48.2 Å².